The van der Waals surface area contributed by atoms with E-state index < -0.39 is 0 Å². The van der Waals surface area contributed by atoms with Crippen LogP contribution >= 0.6 is 0 Å². The molecule has 0 atom stereocenters. The lowest BCUT2D eigenvalue weighted by Crippen LogP contribution is -2.10. The van der Waals surface area contributed by atoms with Crippen molar-refractivity contribution in [1.29, 1.82) is 0 Å². The van der Waals surface area contributed by atoms with Crippen LogP contribution in [-0.4, -0.2) is 0 Å². The number of rotatable bonds is 3. The van der Waals surface area contributed by atoms with E-state index in [4.69, 9.17) is 4.42 Å². The van der Waals surface area contributed by atoms with Crippen molar-refractivity contribution in [2.45, 2.75) is 0 Å². The molecule has 0 amide bonds. The Kier molecular flexibility index (Phi) is 4.93. The van der Waals surface area contributed by atoms with Crippen LogP contribution in [-0.2, 0) is 0 Å². The van der Waals surface area contributed by atoms with Crippen molar-refractivity contribution >= 4 is 82.1 Å². The molecular formula is C40H25NO. The van der Waals surface area contributed by atoms with Crippen LogP contribution in [0.15, 0.2) is 156 Å². The molecule has 0 aliphatic carbocycles. The largest absolute Gasteiger partial charge is 0.456 e. The van der Waals surface area contributed by atoms with Crippen LogP contribution in [0.4, 0.5) is 17.1 Å². The highest BCUT2D eigenvalue weighted by Gasteiger charge is 2.20. The normalized spacial score (nSPS) is 11.8. The molecule has 1 aromatic heterocycles. The van der Waals surface area contributed by atoms with Gasteiger partial charge >= 0.3 is 0 Å². The Morgan fingerprint density at radius 2 is 0.976 bits per heavy atom. The summed E-state index contributed by atoms with van der Waals surface area (Å²) in [7, 11) is 0. The monoisotopic (exact) mass is 535 g/mol. The van der Waals surface area contributed by atoms with Crippen LogP contribution < -0.4 is 4.90 Å². The number of hydrogen-bond acceptors (Lipinski definition) is 2. The molecule has 0 bridgehead atoms. The number of furan rings is 1. The van der Waals surface area contributed by atoms with Crippen LogP contribution in [0.1, 0.15) is 0 Å². The summed E-state index contributed by atoms with van der Waals surface area (Å²) < 4.78 is 6.35. The van der Waals surface area contributed by atoms with Gasteiger partial charge in [-0.1, -0.05) is 109 Å². The van der Waals surface area contributed by atoms with Crippen molar-refractivity contribution in [3.8, 4) is 0 Å². The van der Waals surface area contributed by atoms with Gasteiger partial charge in [0.25, 0.3) is 0 Å². The van der Waals surface area contributed by atoms with Crippen molar-refractivity contribution < 1.29 is 4.42 Å². The second kappa shape index (κ2) is 8.95. The minimum atomic E-state index is 0.885. The maximum absolute atomic E-state index is 6.35. The molecule has 0 N–H and O–H groups in total. The van der Waals surface area contributed by atoms with Crippen molar-refractivity contribution in [3.63, 3.8) is 0 Å². The Morgan fingerprint density at radius 3 is 1.83 bits per heavy atom. The Bertz CT molecular complexity index is 2470. The Labute approximate surface area is 242 Å². The first kappa shape index (κ1) is 23.1. The van der Waals surface area contributed by atoms with Crippen molar-refractivity contribution in [2.75, 3.05) is 4.90 Å². The molecule has 8 aromatic carbocycles. The smallest absolute Gasteiger partial charge is 0.137 e. The van der Waals surface area contributed by atoms with E-state index in [1.54, 1.807) is 0 Å². The fourth-order valence-electron chi connectivity index (χ4n) is 6.71. The third kappa shape index (κ3) is 3.39. The fourth-order valence-corrected chi connectivity index (χ4v) is 6.71. The molecule has 0 saturated heterocycles. The average Bonchev–Trinajstić information content (AvgIpc) is 3.43. The highest BCUT2D eigenvalue weighted by atomic mass is 16.3. The number of para-hydroxylation sites is 2. The molecule has 196 valence electrons. The number of hydrogen-bond donors (Lipinski definition) is 0. The summed E-state index contributed by atoms with van der Waals surface area (Å²) in [5.41, 5.74) is 5.09. The summed E-state index contributed by atoms with van der Waals surface area (Å²) in [4.78, 5) is 2.37. The molecule has 0 fully saturated rings. The highest BCUT2D eigenvalue weighted by molar-refractivity contribution is 6.30. The zero-order valence-corrected chi connectivity index (χ0v) is 22.8. The van der Waals surface area contributed by atoms with Gasteiger partial charge in [0.15, 0.2) is 0 Å². The standard InChI is InChI=1S/C40H25NO/c1-2-12-29(13-3-1)41(30-21-23-34-33-16-8-9-17-37(33)42-38(34)25-30)36-24-28-11-5-7-15-32(28)40-35(36)22-20-27-19-18-26-10-4-6-14-31(26)39(27)40/h1-25H. The maximum Gasteiger partial charge on any atom is 0.137 e. The predicted octanol–water partition coefficient (Wildman–Crippen LogP) is 11.7. The van der Waals surface area contributed by atoms with Crippen LogP contribution in [0.5, 0.6) is 0 Å². The topological polar surface area (TPSA) is 16.4 Å². The molecule has 9 rings (SSSR count). The Morgan fingerprint density at radius 1 is 0.357 bits per heavy atom. The summed E-state index contributed by atoms with van der Waals surface area (Å²) in [5, 5.41) is 12.3. The molecule has 2 nitrogen and oxygen atoms in total. The van der Waals surface area contributed by atoms with E-state index in [0.29, 0.717) is 0 Å². The molecule has 0 aliphatic heterocycles. The van der Waals surface area contributed by atoms with Crippen LogP contribution in [0.25, 0.3) is 65.0 Å². The van der Waals surface area contributed by atoms with Gasteiger partial charge in [0.1, 0.15) is 11.2 Å². The van der Waals surface area contributed by atoms with Crippen LogP contribution in [0, 0.1) is 0 Å². The lowest BCUT2D eigenvalue weighted by Gasteiger charge is -2.28. The molecule has 2 heteroatoms. The van der Waals surface area contributed by atoms with E-state index in [1.807, 2.05) is 12.1 Å². The summed E-state index contributed by atoms with van der Waals surface area (Å²) in [6.45, 7) is 0. The van der Waals surface area contributed by atoms with Gasteiger partial charge in [0.05, 0.1) is 5.69 Å². The summed E-state index contributed by atoms with van der Waals surface area (Å²) in [6, 6.07) is 54.4. The molecular weight excluding hydrogens is 510 g/mol. The minimum absolute atomic E-state index is 0.885. The Balaban J connectivity index is 1.42. The van der Waals surface area contributed by atoms with Gasteiger partial charge in [-0.05, 0) is 68.7 Å². The third-order valence-electron chi connectivity index (χ3n) is 8.58. The number of nitrogens with zero attached hydrogens (tertiary/aromatic N) is 1. The lowest BCUT2D eigenvalue weighted by atomic mass is 9.91. The molecule has 0 spiro atoms. The number of fused-ring (bicyclic) bond motifs is 10. The molecule has 0 radical (unpaired) electrons. The van der Waals surface area contributed by atoms with Gasteiger partial charge in [-0.3, -0.25) is 0 Å². The van der Waals surface area contributed by atoms with E-state index in [0.717, 1.165) is 39.0 Å². The maximum atomic E-state index is 6.35. The molecule has 0 aliphatic rings. The molecule has 1 heterocycles. The lowest BCUT2D eigenvalue weighted by molar-refractivity contribution is 0.669. The zero-order chi connectivity index (χ0) is 27.6. The third-order valence-corrected chi connectivity index (χ3v) is 8.58. The van der Waals surface area contributed by atoms with Crippen LogP contribution in [0.2, 0.25) is 0 Å². The Hall–Kier alpha value is -5.60. The van der Waals surface area contributed by atoms with E-state index in [9.17, 15) is 0 Å². The van der Waals surface area contributed by atoms with Crippen molar-refractivity contribution in [2.24, 2.45) is 0 Å². The fraction of sp³-hybridized carbons (Fsp3) is 0. The van der Waals surface area contributed by atoms with E-state index >= 15 is 0 Å². The molecule has 0 unspecified atom stereocenters. The molecule has 42 heavy (non-hydrogen) atoms. The molecule has 0 saturated carbocycles. The molecule has 9 aromatic rings. The van der Waals surface area contributed by atoms with Gasteiger partial charge in [-0.2, -0.15) is 0 Å². The SMILES string of the molecule is c1ccc(N(c2ccc3c(c2)oc2ccccc23)c2cc3ccccc3c3c2ccc2ccc4ccccc4c23)cc1. The van der Waals surface area contributed by atoms with Gasteiger partial charge in [0.2, 0.25) is 0 Å². The van der Waals surface area contributed by atoms with Gasteiger partial charge < -0.3 is 9.32 Å². The van der Waals surface area contributed by atoms with Crippen molar-refractivity contribution in [3.05, 3.63) is 152 Å². The van der Waals surface area contributed by atoms with Gasteiger partial charge in [-0.15, -0.1) is 0 Å². The first-order valence-corrected chi connectivity index (χ1v) is 14.4. The van der Waals surface area contributed by atoms with Gasteiger partial charge in [-0.25, -0.2) is 0 Å². The number of anilines is 3. The second-order valence-electron chi connectivity index (χ2n) is 10.9. The summed E-state index contributed by atoms with van der Waals surface area (Å²) >= 11 is 0. The minimum Gasteiger partial charge on any atom is -0.456 e. The quantitative estimate of drug-likeness (QED) is 0.209. The first-order chi connectivity index (χ1) is 20.8. The first-order valence-electron chi connectivity index (χ1n) is 14.4. The predicted molar refractivity (Wildman–Crippen MR) is 178 cm³/mol. The van der Waals surface area contributed by atoms with Crippen LogP contribution in [0.3, 0.4) is 0 Å². The van der Waals surface area contributed by atoms with E-state index in [2.05, 4.69) is 144 Å². The van der Waals surface area contributed by atoms with Crippen molar-refractivity contribution in [1.82, 2.24) is 0 Å². The number of benzene rings is 8. The van der Waals surface area contributed by atoms with E-state index in [-0.39, 0.29) is 0 Å². The summed E-state index contributed by atoms with van der Waals surface area (Å²) in [5.74, 6) is 0. The summed E-state index contributed by atoms with van der Waals surface area (Å²) in [6.07, 6.45) is 0. The zero-order valence-electron chi connectivity index (χ0n) is 22.8. The highest BCUT2D eigenvalue weighted by Crippen LogP contribution is 2.46. The second-order valence-corrected chi connectivity index (χ2v) is 10.9. The van der Waals surface area contributed by atoms with E-state index in [1.165, 1.54) is 43.1 Å². The average molecular weight is 536 g/mol. The van der Waals surface area contributed by atoms with Gasteiger partial charge in [0, 0.05) is 39.0 Å².